The van der Waals surface area contributed by atoms with Crippen molar-refractivity contribution in [1.29, 1.82) is 0 Å². The zero-order chi connectivity index (χ0) is 18.9. The number of hydrogen-bond donors (Lipinski definition) is 1. The lowest BCUT2D eigenvalue weighted by Gasteiger charge is -2.35. The van der Waals surface area contributed by atoms with Crippen LogP contribution in [0.1, 0.15) is 32.3 Å². The van der Waals surface area contributed by atoms with Crippen molar-refractivity contribution in [3.05, 3.63) is 35.9 Å². The maximum atomic E-state index is 12.2. The summed E-state index contributed by atoms with van der Waals surface area (Å²) in [5, 5.41) is 5.25. The van der Waals surface area contributed by atoms with E-state index in [1.165, 1.54) is 5.06 Å². The van der Waals surface area contributed by atoms with Gasteiger partial charge in [0.2, 0.25) is 0 Å². The highest BCUT2D eigenvalue weighted by atomic mass is 35.5. The van der Waals surface area contributed by atoms with Crippen LogP contribution >= 0.6 is 11.6 Å². The number of rotatable bonds is 8. The molecule has 1 fully saturated rings. The highest BCUT2D eigenvalue weighted by molar-refractivity contribution is 6.62. The van der Waals surface area contributed by atoms with Crippen molar-refractivity contribution in [3.8, 4) is 0 Å². The minimum atomic E-state index is -0.670. The molecule has 2 atom stereocenters. The number of piperidine rings is 1. The van der Waals surface area contributed by atoms with Crippen molar-refractivity contribution >= 4 is 22.9 Å². The third kappa shape index (κ3) is 5.95. The maximum absolute atomic E-state index is 12.2. The number of halogens is 1. The van der Waals surface area contributed by atoms with Crippen LogP contribution in [-0.4, -0.2) is 53.2 Å². The van der Waals surface area contributed by atoms with Crippen LogP contribution in [0.4, 0.5) is 4.79 Å². The molecule has 1 N–H and O–H groups in total. The number of benzene rings is 1. The molecule has 0 spiro atoms. The molecule has 1 aromatic rings. The molecule has 8 heteroatoms. The van der Waals surface area contributed by atoms with Crippen LogP contribution in [0.2, 0.25) is 0 Å². The first-order chi connectivity index (χ1) is 12.5. The molecule has 1 aliphatic rings. The molecule has 2 unspecified atom stereocenters. The summed E-state index contributed by atoms with van der Waals surface area (Å²) in [4.78, 5) is 34.9. The van der Waals surface area contributed by atoms with Gasteiger partial charge in [0.05, 0.1) is 6.04 Å². The first-order valence-electron chi connectivity index (χ1n) is 8.90. The minimum absolute atomic E-state index is 0.235. The number of amides is 1. The van der Waals surface area contributed by atoms with Crippen molar-refractivity contribution in [2.75, 3.05) is 19.6 Å². The largest absolute Gasteiger partial charge is 0.366 e. The van der Waals surface area contributed by atoms with Gasteiger partial charge in [0.15, 0.2) is 0 Å². The van der Waals surface area contributed by atoms with E-state index in [0.29, 0.717) is 32.5 Å². The van der Waals surface area contributed by atoms with Crippen molar-refractivity contribution < 1.29 is 19.3 Å². The quantitative estimate of drug-likeness (QED) is 0.423. The maximum Gasteiger partial charge on any atom is 0.341 e. The summed E-state index contributed by atoms with van der Waals surface area (Å²) in [5.41, 5.74) is 0.944. The first kappa shape index (κ1) is 20.6. The van der Waals surface area contributed by atoms with E-state index < -0.39 is 11.4 Å². The molecule has 1 saturated heterocycles. The van der Waals surface area contributed by atoms with Gasteiger partial charge in [-0.25, -0.2) is 9.86 Å². The predicted molar refractivity (Wildman–Crippen MR) is 98.1 cm³/mol. The second kappa shape index (κ2) is 10.5. The minimum Gasteiger partial charge on any atom is -0.366 e. The Bertz CT molecular complexity index is 575. The van der Waals surface area contributed by atoms with Crippen LogP contribution in [0, 0.1) is 0 Å². The van der Waals surface area contributed by atoms with Gasteiger partial charge in [0, 0.05) is 19.6 Å². The van der Waals surface area contributed by atoms with Gasteiger partial charge in [0.1, 0.15) is 12.6 Å². The van der Waals surface area contributed by atoms with Crippen molar-refractivity contribution in [2.45, 2.75) is 45.4 Å². The second-order valence-corrected chi connectivity index (χ2v) is 6.38. The van der Waals surface area contributed by atoms with E-state index >= 15 is 0 Å². The summed E-state index contributed by atoms with van der Waals surface area (Å²) < 4.78 is 0. The van der Waals surface area contributed by atoms with E-state index in [0.717, 1.165) is 5.56 Å². The number of carbonyl (C=O) groups is 2. The van der Waals surface area contributed by atoms with E-state index in [1.54, 1.807) is 5.06 Å². The third-order valence-corrected chi connectivity index (χ3v) is 4.48. The van der Waals surface area contributed by atoms with Crippen LogP contribution in [0.3, 0.4) is 0 Å². The second-order valence-electron chi connectivity index (χ2n) is 6.05. The van der Waals surface area contributed by atoms with Gasteiger partial charge >= 0.3 is 11.3 Å². The lowest BCUT2D eigenvalue weighted by Crippen LogP contribution is -2.53. The van der Waals surface area contributed by atoms with E-state index in [1.807, 2.05) is 44.2 Å². The van der Waals surface area contributed by atoms with Gasteiger partial charge in [-0.15, -0.1) is 5.06 Å². The summed E-state index contributed by atoms with van der Waals surface area (Å²) in [6.45, 7) is 5.79. The Morgan fingerprint density at radius 2 is 1.88 bits per heavy atom. The first-order valence-corrected chi connectivity index (χ1v) is 9.28. The summed E-state index contributed by atoms with van der Waals surface area (Å²) in [6.07, 6.45) is 1.14. The lowest BCUT2D eigenvalue weighted by molar-refractivity contribution is -0.193. The predicted octanol–water partition coefficient (Wildman–Crippen LogP) is 2.70. The van der Waals surface area contributed by atoms with Crippen LogP contribution in [0.25, 0.3) is 0 Å². The van der Waals surface area contributed by atoms with Crippen LogP contribution in [-0.2, 0) is 21.1 Å². The van der Waals surface area contributed by atoms with E-state index in [9.17, 15) is 9.59 Å². The standard InChI is InChI=1S/C18H26ClN3O4/c1-3-21(4-2)26-17(23)16-11-10-15(12-20-16)22(18(19)24)25-13-14-8-6-5-7-9-14/h5-9,15-16,20H,3-4,10-13H2,1-2H3. The molecular formula is C18H26ClN3O4. The van der Waals surface area contributed by atoms with E-state index in [-0.39, 0.29) is 18.6 Å². The van der Waals surface area contributed by atoms with Crippen molar-refractivity contribution in [3.63, 3.8) is 0 Å². The molecule has 0 bridgehead atoms. The Balaban J connectivity index is 1.85. The molecule has 0 aromatic heterocycles. The molecule has 0 aliphatic carbocycles. The number of hydrogen-bond acceptors (Lipinski definition) is 6. The lowest BCUT2D eigenvalue weighted by atomic mass is 10.0. The van der Waals surface area contributed by atoms with Gasteiger partial charge < -0.3 is 10.2 Å². The molecule has 2 rings (SSSR count). The summed E-state index contributed by atoms with van der Waals surface area (Å²) in [6, 6.07) is 8.91. The Labute approximate surface area is 159 Å². The smallest absolute Gasteiger partial charge is 0.341 e. The summed E-state index contributed by atoms with van der Waals surface area (Å²) >= 11 is 5.68. The van der Waals surface area contributed by atoms with Gasteiger partial charge in [-0.2, -0.15) is 0 Å². The molecule has 1 heterocycles. The monoisotopic (exact) mass is 383 g/mol. The highest BCUT2D eigenvalue weighted by Crippen LogP contribution is 2.18. The molecule has 1 amide bonds. The van der Waals surface area contributed by atoms with Gasteiger partial charge in [-0.1, -0.05) is 30.3 Å². The van der Waals surface area contributed by atoms with Crippen LogP contribution in [0.5, 0.6) is 0 Å². The molecule has 144 valence electrons. The number of carbonyl (C=O) groups excluding carboxylic acids is 2. The van der Waals surface area contributed by atoms with Gasteiger partial charge in [0.25, 0.3) is 0 Å². The molecule has 26 heavy (non-hydrogen) atoms. The molecule has 1 aliphatic heterocycles. The molecular weight excluding hydrogens is 358 g/mol. The normalized spacial score (nSPS) is 20.0. The van der Waals surface area contributed by atoms with Crippen molar-refractivity contribution in [2.24, 2.45) is 0 Å². The van der Waals surface area contributed by atoms with Gasteiger partial charge in [-0.05, 0) is 43.9 Å². The zero-order valence-electron chi connectivity index (χ0n) is 15.2. The molecule has 7 nitrogen and oxygen atoms in total. The molecule has 1 aromatic carbocycles. The molecule has 0 saturated carbocycles. The average Bonchev–Trinajstić information content (AvgIpc) is 2.67. The average molecular weight is 384 g/mol. The molecule has 0 radical (unpaired) electrons. The van der Waals surface area contributed by atoms with Crippen LogP contribution in [0.15, 0.2) is 30.3 Å². The zero-order valence-corrected chi connectivity index (χ0v) is 15.9. The fourth-order valence-corrected chi connectivity index (χ4v) is 2.99. The Morgan fingerprint density at radius 3 is 2.42 bits per heavy atom. The van der Waals surface area contributed by atoms with E-state index in [4.69, 9.17) is 21.3 Å². The van der Waals surface area contributed by atoms with Crippen LogP contribution < -0.4 is 5.32 Å². The van der Waals surface area contributed by atoms with Crippen molar-refractivity contribution in [1.82, 2.24) is 15.4 Å². The highest BCUT2D eigenvalue weighted by Gasteiger charge is 2.33. The summed E-state index contributed by atoms with van der Waals surface area (Å²) in [7, 11) is 0. The number of nitrogens with zero attached hydrogens (tertiary/aromatic N) is 2. The Kier molecular flexibility index (Phi) is 8.31. The summed E-state index contributed by atoms with van der Waals surface area (Å²) in [5.74, 6) is -0.305. The number of hydroxylamine groups is 4. The fourth-order valence-electron chi connectivity index (χ4n) is 2.80. The Hall–Kier alpha value is -1.67. The van der Waals surface area contributed by atoms with Gasteiger partial charge in [-0.3, -0.25) is 9.63 Å². The SMILES string of the molecule is CCN(CC)OC(=O)C1CCC(N(OCc2ccccc2)C(=O)Cl)CN1. The number of nitrogens with one attached hydrogen (secondary N) is 1. The topological polar surface area (TPSA) is 71.1 Å². The third-order valence-electron chi connectivity index (χ3n) is 4.32. The van der Waals surface area contributed by atoms with E-state index in [2.05, 4.69) is 5.32 Å². The Morgan fingerprint density at radius 1 is 1.19 bits per heavy atom. The fraction of sp³-hybridized carbons (Fsp3) is 0.556.